The molecule has 2 rings (SSSR count). The molecule has 2 aromatic heterocycles. The van der Waals surface area contributed by atoms with Gasteiger partial charge in [0.2, 0.25) is 0 Å². The lowest BCUT2D eigenvalue weighted by atomic mass is 10.1. The lowest BCUT2D eigenvalue weighted by molar-refractivity contribution is 0.0906. The van der Waals surface area contributed by atoms with Crippen LogP contribution in [0.4, 0.5) is 0 Å². The van der Waals surface area contributed by atoms with Crippen molar-refractivity contribution in [3.8, 4) is 0 Å². The molecule has 1 N–H and O–H groups in total. The summed E-state index contributed by atoms with van der Waals surface area (Å²) in [6, 6.07) is 0. The van der Waals surface area contributed by atoms with Crippen molar-refractivity contribution >= 4 is 28.8 Å². The van der Waals surface area contributed by atoms with Gasteiger partial charge in [-0.1, -0.05) is 11.6 Å². The van der Waals surface area contributed by atoms with E-state index in [2.05, 4.69) is 20.3 Å². The normalized spacial score (nSPS) is 11.3. The molecule has 0 aliphatic heterocycles. The molecule has 1 amide bonds. The van der Waals surface area contributed by atoms with Crippen LogP contribution in [-0.2, 0) is 5.54 Å². The second kappa shape index (κ2) is 4.99. The summed E-state index contributed by atoms with van der Waals surface area (Å²) in [5.74, 6) is -0.329. The molecule has 2 heterocycles. The molecular formula is C11H11ClN4OS. The number of thiazole rings is 1. The maximum Gasteiger partial charge on any atom is 0.272 e. The molecule has 0 aliphatic rings. The smallest absolute Gasteiger partial charge is 0.272 e. The number of hydrogen-bond donors (Lipinski definition) is 1. The average molecular weight is 283 g/mol. The van der Waals surface area contributed by atoms with E-state index in [9.17, 15) is 4.79 Å². The van der Waals surface area contributed by atoms with Crippen LogP contribution in [0.5, 0.6) is 0 Å². The highest BCUT2D eigenvalue weighted by atomic mass is 35.5. The molecule has 18 heavy (non-hydrogen) atoms. The van der Waals surface area contributed by atoms with Crippen LogP contribution in [0, 0.1) is 0 Å². The van der Waals surface area contributed by atoms with E-state index in [1.54, 1.807) is 6.20 Å². The lowest BCUT2D eigenvalue weighted by Crippen LogP contribution is -2.41. The molecule has 7 heteroatoms. The molecule has 0 aromatic carbocycles. The van der Waals surface area contributed by atoms with Crippen LogP contribution in [0.1, 0.15) is 29.3 Å². The van der Waals surface area contributed by atoms with Gasteiger partial charge in [0.15, 0.2) is 0 Å². The minimum Gasteiger partial charge on any atom is -0.339 e. The minimum atomic E-state index is -0.560. The van der Waals surface area contributed by atoms with Gasteiger partial charge in [-0.05, 0) is 13.8 Å². The van der Waals surface area contributed by atoms with Crippen LogP contribution in [0.15, 0.2) is 24.0 Å². The number of amides is 1. The van der Waals surface area contributed by atoms with E-state index in [0.717, 1.165) is 5.01 Å². The number of nitrogens with zero attached hydrogens (tertiary/aromatic N) is 3. The predicted molar refractivity (Wildman–Crippen MR) is 69.6 cm³/mol. The zero-order chi connectivity index (χ0) is 13.2. The van der Waals surface area contributed by atoms with Crippen LogP contribution in [-0.4, -0.2) is 20.9 Å². The summed E-state index contributed by atoms with van der Waals surface area (Å²) in [6.07, 6.45) is 4.45. The topological polar surface area (TPSA) is 67.8 Å². The summed E-state index contributed by atoms with van der Waals surface area (Å²) >= 11 is 7.18. The van der Waals surface area contributed by atoms with Crippen LogP contribution >= 0.6 is 22.9 Å². The Labute approximate surface area is 113 Å². The van der Waals surface area contributed by atoms with Crippen molar-refractivity contribution in [3.63, 3.8) is 0 Å². The highest BCUT2D eigenvalue weighted by Gasteiger charge is 2.26. The van der Waals surface area contributed by atoms with Crippen molar-refractivity contribution in [1.82, 2.24) is 20.3 Å². The molecule has 0 unspecified atom stereocenters. The Morgan fingerprint density at radius 2 is 2.22 bits per heavy atom. The largest absolute Gasteiger partial charge is 0.339 e. The van der Waals surface area contributed by atoms with Gasteiger partial charge < -0.3 is 5.32 Å². The molecule has 94 valence electrons. The van der Waals surface area contributed by atoms with Gasteiger partial charge in [-0.25, -0.2) is 9.97 Å². The standard InChI is InChI=1S/C11H11ClN4OS/c1-11(2,10-14-3-4-18-10)16-9(17)7-5-13-6-8(12)15-7/h3-6H,1-2H3,(H,16,17). The van der Waals surface area contributed by atoms with Crippen LogP contribution in [0.3, 0.4) is 0 Å². The number of rotatable bonds is 3. The Morgan fingerprint density at radius 3 is 2.83 bits per heavy atom. The monoisotopic (exact) mass is 282 g/mol. The van der Waals surface area contributed by atoms with Gasteiger partial charge in [0.05, 0.1) is 17.9 Å². The van der Waals surface area contributed by atoms with E-state index < -0.39 is 5.54 Å². The van der Waals surface area contributed by atoms with E-state index in [1.807, 2.05) is 19.2 Å². The molecule has 0 saturated heterocycles. The van der Waals surface area contributed by atoms with E-state index in [4.69, 9.17) is 11.6 Å². The van der Waals surface area contributed by atoms with E-state index in [1.165, 1.54) is 23.7 Å². The number of aromatic nitrogens is 3. The maximum atomic E-state index is 12.0. The highest BCUT2D eigenvalue weighted by Crippen LogP contribution is 2.22. The van der Waals surface area contributed by atoms with Crippen molar-refractivity contribution in [2.24, 2.45) is 0 Å². The first-order valence-electron chi connectivity index (χ1n) is 5.19. The first-order valence-corrected chi connectivity index (χ1v) is 6.45. The van der Waals surface area contributed by atoms with Crippen LogP contribution in [0.2, 0.25) is 5.15 Å². The van der Waals surface area contributed by atoms with Crippen LogP contribution < -0.4 is 5.32 Å². The molecular weight excluding hydrogens is 272 g/mol. The summed E-state index contributed by atoms with van der Waals surface area (Å²) in [6.45, 7) is 3.75. The zero-order valence-corrected chi connectivity index (χ0v) is 11.4. The Kier molecular flexibility index (Phi) is 3.58. The molecule has 0 spiro atoms. The summed E-state index contributed by atoms with van der Waals surface area (Å²) in [5.41, 5.74) is -0.373. The van der Waals surface area contributed by atoms with E-state index in [-0.39, 0.29) is 16.8 Å². The Morgan fingerprint density at radius 1 is 1.44 bits per heavy atom. The summed E-state index contributed by atoms with van der Waals surface area (Å²) in [4.78, 5) is 23.9. The van der Waals surface area contributed by atoms with Gasteiger partial charge in [-0.3, -0.25) is 9.78 Å². The quantitative estimate of drug-likeness (QED) is 0.937. The summed E-state index contributed by atoms with van der Waals surface area (Å²) < 4.78 is 0. The molecule has 0 radical (unpaired) electrons. The molecule has 0 saturated carbocycles. The number of halogens is 1. The van der Waals surface area contributed by atoms with E-state index >= 15 is 0 Å². The Bertz CT molecular complexity index is 556. The number of hydrogen-bond acceptors (Lipinski definition) is 5. The molecule has 0 bridgehead atoms. The molecule has 0 aliphatic carbocycles. The van der Waals surface area contributed by atoms with Crippen molar-refractivity contribution in [2.45, 2.75) is 19.4 Å². The fourth-order valence-electron chi connectivity index (χ4n) is 1.39. The van der Waals surface area contributed by atoms with Crippen molar-refractivity contribution in [1.29, 1.82) is 0 Å². The lowest BCUT2D eigenvalue weighted by Gasteiger charge is -2.23. The Balaban J connectivity index is 2.17. The van der Waals surface area contributed by atoms with Gasteiger partial charge in [0.1, 0.15) is 15.9 Å². The second-order valence-corrected chi connectivity index (χ2v) is 5.43. The maximum absolute atomic E-state index is 12.0. The second-order valence-electron chi connectivity index (χ2n) is 4.14. The highest BCUT2D eigenvalue weighted by molar-refractivity contribution is 7.09. The summed E-state index contributed by atoms with van der Waals surface area (Å²) in [5, 5.41) is 5.73. The molecule has 2 aromatic rings. The van der Waals surface area contributed by atoms with Gasteiger partial charge >= 0.3 is 0 Å². The van der Waals surface area contributed by atoms with Crippen molar-refractivity contribution in [2.75, 3.05) is 0 Å². The predicted octanol–water partition coefficient (Wildman–Crippen LogP) is 2.25. The van der Waals surface area contributed by atoms with Gasteiger partial charge in [0, 0.05) is 11.6 Å². The zero-order valence-electron chi connectivity index (χ0n) is 9.85. The minimum absolute atomic E-state index is 0.187. The van der Waals surface area contributed by atoms with Crippen LogP contribution in [0.25, 0.3) is 0 Å². The fourth-order valence-corrected chi connectivity index (χ4v) is 2.25. The third-order valence-corrected chi connectivity index (χ3v) is 3.51. The van der Waals surface area contributed by atoms with Gasteiger partial charge in [0.25, 0.3) is 5.91 Å². The number of carbonyl (C=O) groups is 1. The third kappa shape index (κ3) is 2.83. The number of nitrogens with one attached hydrogen (secondary N) is 1. The average Bonchev–Trinajstić information content (AvgIpc) is 2.82. The first kappa shape index (κ1) is 12.9. The third-order valence-electron chi connectivity index (χ3n) is 2.23. The van der Waals surface area contributed by atoms with E-state index in [0.29, 0.717) is 0 Å². The van der Waals surface area contributed by atoms with Gasteiger partial charge in [-0.2, -0.15) is 0 Å². The molecule has 0 atom stereocenters. The SMILES string of the molecule is CC(C)(NC(=O)c1cncc(Cl)n1)c1nccs1. The Hall–Kier alpha value is -1.53. The van der Waals surface area contributed by atoms with Gasteiger partial charge in [-0.15, -0.1) is 11.3 Å². The van der Waals surface area contributed by atoms with Crippen molar-refractivity contribution in [3.05, 3.63) is 39.8 Å². The number of carbonyl (C=O) groups excluding carboxylic acids is 1. The fraction of sp³-hybridized carbons (Fsp3) is 0.273. The van der Waals surface area contributed by atoms with Crippen molar-refractivity contribution < 1.29 is 4.79 Å². The first-order chi connectivity index (χ1) is 8.49. The molecule has 5 nitrogen and oxygen atoms in total. The summed E-state index contributed by atoms with van der Waals surface area (Å²) in [7, 11) is 0. The molecule has 0 fully saturated rings.